The first-order valence-corrected chi connectivity index (χ1v) is 7.60. The first kappa shape index (κ1) is 16.7. The minimum atomic E-state index is -1.06. The zero-order valence-electron chi connectivity index (χ0n) is 13.3. The Labute approximate surface area is 135 Å². The quantitative estimate of drug-likeness (QED) is 0.822. The molecular formula is C17H21N3O3. The van der Waals surface area contributed by atoms with Crippen molar-refractivity contribution in [2.24, 2.45) is 5.92 Å². The summed E-state index contributed by atoms with van der Waals surface area (Å²) in [6, 6.07) is 8.92. The number of rotatable bonds is 7. The fourth-order valence-electron chi connectivity index (χ4n) is 2.10. The van der Waals surface area contributed by atoms with Crippen LogP contribution in [-0.2, 0) is 11.3 Å². The second kappa shape index (κ2) is 7.58. The zero-order valence-corrected chi connectivity index (χ0v) is 13.3. The monoisotopic (exact) mass is 315 g/mol. The molecule has 0 unspecified atom stereocenters. The molecule has 1 aromatic heterocycles. The standard InChI is InChI=1S/C17H21N3O3/c1-12(2)6-7-16(21)18-11-13-4-3-5-14(10-13)20-9-8-15(19-20)17(22)23/h3-5,8-10,12H,6-7,11H2,1-2H3,(H,18,21)(H,22,23). The summed E-state index contributed by atoms with van der Waals surface area (Å²) in [4.78, 5) is 22.6. The summed E-state index contributed by atoms with van der Waals surface area (Å²) >= 11 is 0. The van der Waals surface area contributed by atoms with Crippen LogP contribution in [0.2, 0.25) is 0 Å². The largest absolute Gasteiger partial charge is 0.476 e. The van der Waals surface area contributed by atoms with E-state index in [4.69, 9.17) is 5.11 Å². The number of carbonyl (C=O) groups is 2. The summed E-state index contributed by atoms with van der Waals surface area (Å²) in [7, 11) is 0. The van der Waals surface area contributed by atoms with Gasteiger partial charge in [-0.05, 0) is 36.1 Å². The number of nitrogens with one attached hydrogen (secondary N) is 1. The van der Waals surface area contributed by atoms with Crippen LogP contribution in [0, 0.1) is 5.92 Å². The molecule has 1 amide bonds. The molecule has 0 saturated carbocycles. The first-order valence-electron chi connectivity index (χ1n) is 7.60. The Kier molecular flexibility index (Phi) is 5.51. The molecule has 2 rings (SSSR count). The van der Waals surface area contributed by atoms with Crippen LogP contribution in [0.15, 0.2) is 36.5 Å². The van der Waals surface area contributed by atoms with Crippen molar-refractivity contribution in [2.45, 2.75) is 33.2 Å². The maximum atomic E-state index is 11.8. The zero-order chi connectivity index (χ0) is 16.8. The number of nitrogens with zero attached hydrogens (tertiary/aromatic N) is 2. The molecule has 6 nitrogen and oxygen atoms in total. The molecule has 0 bridgehead atoms. The van der Waals surface area contributed by atoms with Crippen molar-refractivity contribution in [3.63, 3.8) is 0 Å². The molecule has 0 atom stereocenters. The third-order valence-electron chi connectivity index (χ3n) is 3.42. The van der Waals surface area contributed by atoms with Crippen LogP contribution in [0.5, 0.6) is 0 Å². The number of carbonyl (C=O) groups excluding carboxylic acids is 1. The lowest BCUT2D eigenvalue weighted by molar-refractivity contribution is -0.121. The minimum Gasteiger partial charge on any atom is -0.476 e. The van der Waals surface area contributed by atoms with Crippen LogP contribution < -0.4 is 5.32 Å². The molecule has 0 aliphatic heterocycles. The molecule has 6 heteroatoms. The summed E-state index contributed by atoms with van der Waals surface area (Å²) in [5.41, 5.74) is 1.69. The maximum Gasteiger partial charge on any atom is 0.356 e. The normalized spacial score (nSPS) is 10.7. The Balaban J connectivity index is 1.99. The van der Waals surface area contributed by atoms with Gasteiger partial charge in [0, 0.05) is 19.2 Å². The Morgan fingerprint density at radius 2 is 2.09 bits per heavy atom. The van der Waals surface area contributed by atoms with Gasteiger partial charge in [0.2, 0.25) is 5.91 Å². The summed E-state index contributed by atoms with van der Waals surface area (Å²) in [5.74, 6) is -0.513. The molecule has 0 saturated heterocycles. The number of benzene rings is 1. The van der Waals surface area contributed by atoms with Crippen LogP contribution in [0.3, 0.4) is 0 Å². The molecule has 122 valence electrons. The van der Waals surface area contributed by atoms with Gasteiger partial charge in [-0.25, -0.2) is 9.48 Å². The number of carboxylic acid groups (broad SMARTS) is 1. The Bertz CT molecular complexity index is 692. The predicted molar refractivity (Wildman–Crippen MR) is 86.4 cm³/mol. The van der Waals surface area contributed by atoms with Gasteiger partial charge in [-0.1, -0.05) is 26.0 Å². The third kappa shape index (κ3) is 4.95. The molecule has 2 N–H and O–H groups in total. The van der Waals surface area contributed by atoms with Gasteiger partial charge in [0.1, 0.15) is 0 Å². The van der Waals surface area contributed by atoms with Gasteiger partial charge >= 0.3 is 5.97 Å². The predicted octanol–water partition coefficient (Wildman–Crippen LogP) is 2.62. The minimum absolute atomic E-state index is 0.00242. The highest BCUT2D eigenvalue weighted by molar-refractivity contribution is 5.85. The number of carboxylic acids is 1. The fraction of sp³-hybridized carbons (Fsp3) is 0.353. The van der Waals surface area contributed by atoms with E-state index in [1.165, 1.54) is 10.7 Å². The van der Waals surface area contributed by atoms with Crippen molar-refractivity contribution in [1.29, 1.82) is 0 Å². The molecule has 0 aliphatic carbocycles. The maximum absolute atomic E-state index is 11.8. The van der Waals surface area contributed by atoms with Gasteiger partial charge in [0.15, 0.2) is 5.69 Å². The lowest BCUT2D eigenvalue weighted by atomic mass is 10.1. The van der Waals surface area contributed by atoms with E-state index in [9.17, 15) is 9.59 Å². The number of aromatic nitrogens is 2. The molecule has 0 aliphatic rings. The van der Waals surface area contributed by atoms with E-state index >= 15 is 0 Å². The van der Waals surface area contributed by atoms with Crippen molar-refractivity contribution in [2.75, 3.05) is 0 Å². The van der Waals surface area contributed by atoms with E-state index in [1.54, 1.807) is 6.20 Å². The second-order valence-electron chi connectivity index (χ2n) is 5.83. The highest BCUT2D eigenvalue weighted by atomic mass is 16.4. The van der Waals surface area contributed by atoms with Gasteiger partial charge in [-0.3, -0.25) is 4.79 Å². The molecule has 1 aromatic carbocycles. The SMILES string of the molecule is CC(C)CCC(=O)NCc1cccc(-n2ccc(C(=O)O)n2)c1. The molecule has 0 fully saturated rings. The van der Waals surface area contributed by atoms with Crippen molar-refractivity contribution >= 4 is 11.9 Å². The van der Waals surface area contributed by atoms with Crippen LogP contribution in [-0.4, -0.2) is 26.8 Å². The van der Waals surface area contributed by atoms with Crippen molar-refractivity contribution < 1.29 is 14.7 Å². The fourth-order valence-corrected chi connectivity index (χ4v) is 2.10. The Hall–Kier alpha value is -2.63. The number of hydrogen-bond acceptors (Lipinski definition) is 3. The van der Waals surface area contributed by atoms with Gasteiger partial charge < -0.3 is 10.4 Å². The summed E-state index contributed by atoms with van der Waals surface area (Å²) < 4.78 is 1.51. The summed E-state index contributed by atoms with van der Waals surface area (Å²) in [6.45, 7) is 4.62. The Morgan fingerprint density at radius 1 is 1.30 bits per heavy atom. The van der Waals surface area contributed by atoms with E-state index < -0.39 is 5.97 Å². The number of aromatic carboxylic acids is 1. The van der Waals surface area contributed by atoms with Crippen LogP contribution in [0.1, 0.15) is 42.7 Å². The topological polar surface area (TPSA) is 84.2 Å². The van der Waals surface area contributed by atoms with E-state index in [-0.39, 0.29) is 11.6 Å². The van der Waals surface area contributed by atoms with Crippen LogP contribution >= 0.6 is 0 Å². The van der Waals surface area contributed by atoms with Crippen molar-refractivity contribution in [1.82, 2.24) is 15.1 Å². The number of amides is 1. The smallest absolute Gasteiger partial charge is 0.356 e. The highest BCUT2D eigenvalue weighted by Gasteiger charge is 2.08. The average molecular weight is 315 g/mol. The lowest BCUT2D eigenvalue weighted by Crippen LogP contribution is -2.22. The second-order valence-corrected chi connectivity index (χ2v) is 5.83. The van der Waals surface area contributed by atoms with E-state index in [0.29, 0.717) is 18.9 Å². The van der Waals surface area contributed by atoms with Gasteiger partial charge in [0.25, 0.3) is 0 Å². The van der Waals surface area contributed by atoms with E-state index in [0.717, 1.165) is 17.7 Å². The third-order valence-corrected chi connectivity index (χ3v) is 3.42. The van der Waals surface area contributed by atoms with Gasteiger partial charge in [0.05, 0.1) is 5.69 Å². The van der Waals surface area contributed by atoms with E-state index in [2.05, 4.69) is 24.3 Å². The van der Waals surface area contributed by atoms with Gasteiger partial charge in [-0.15, -0.1) is 0 Å². The highest BCUT2D eigenvalue weighted by Crippen LogP contribution is 2.11. The van der Waals surface area contributed by atoms with E-state index in [1.807, 2.05) is 24.3 Å². The first-order chi connectivity index (χ1) is 11.0. The molecule has 0 spiro atoms. The van der Waals surface area contributed by atoms with Crippen molar-refractivity contribution in [3.8, 4) is 5.69 Å². The Morgan fingerprint density at radius 3 is 2.74 bits per heavy atom. The van der Waals surface area contributed by atoms with Crippen LogP contribution in [0.25, 0.3) is 5.69 Å². The average Bonchev–Trinajstić information content (AvgIpc) is 3.01. The van der Waals surface area contributed by atoms with Crippen LogP contribution in [0.4, 0.5) is 0 Å². The van der Waals surface area contributed by atoms with Gasteiger partial charge in [-0.2, -0.15) is 5.10 Å². The molecular weight excluding hydrogens is 294 g/mol. The molecule has 23 heavy (non-hydrogen) atoms. The summed E-state index contributed by atoms with van der Waals surface area (Å²) in [6.07, 6.45) is 3.00. The molecule has 2 aromatic rings. The summed E-state index contributed by atoms with van der Waals surface area (Å²) in [5, 5.41) is 15.8. The number of hydrogen-bond donors (Lipinski definition) is 2. The lowest BCUT2D eigenvalue weighted by Gasteiger charge is -2.08. The molecule has 1 heterocycles. The molecule has 0 radical (unpaired) electrons. The van der Waals surface area contributed by atoms with Crippen molar-refractivity contribution in [3.05, 3.63) is 47.8 Å².